The zero-order chi connectivity index (χ0) is 20.0. The molecule has 146 valence electrons. The van der Waals surface area contributed by atoms with Gasteiger partial charge in [0.25, 0.3) is 5.91 Å². The Morgan fingerprint density at radius 3 is 2.72 bits per heavy atom. The first-order valence-electron chi connectivity index (χ1n) is 9.46. The number of carbonyl (C=O) groups excluding carboxylic acids is 2. The molecule has 6 nitrogen and oxygen atoms in total. The maximum atomic E-state index is 14.0. The number of para-hydroxylation sites is 1. The van der Waals surface area contributed by atoms with Crippen LogP contribution < -0.4 is 4.74 Å². The molecule has 29 heavy (non-hydrogen) atoms. The molecule has 1 spiro atoms. The molecule has 2 aliphatic heterocycles. The number of hydrogen-bond donors (Lipinski definition) is 1. The fourth-order valence-corrected chi connectivity index (χ4v) is 4.10. The second kappa shape index (κ2) is 6.55. The van der Waals surface area contributed by atoms with Crippen LogP contribution in [0.25, 0.3) is 11.3 Å². The Kier molecular flexibility index (Phi) is 3.97. The summed E-state index contributed by atoms with van der Waals surface area (Å²) in [5, 5.41) is 6.80. The minimum Gasteiger partial charge on any atom is -0.484 e. The molecule has 0 aliphatic carbocycles. The SMILES string of the molecule is O=C1C[C@@]2(CCN(C(=O)c3cc(-c4ccccc4F)n[nH]3)C2)Oc2ccccc21. The van der Waals surface area contributed by atoms with Crippen molar-refractivity contribution >= 4 is 11.7 Å². The van der Waals surface area contributed by atoms with Gasteiger partial charge in [0.1, 0.15) is 22.9 Å². The Bertz CT molecular complexity index is 1130. The Morgan fingerprint density at radius 2 is 1.90 bits per heavy atom. The molecule has 2 aliphatic rings. The van der Waals surface area contributed by atoms with Crippen molar-refractivity contribution in [2.75, 3.05) is 13.1 Å². The van der Waals surface area contributed by atoms with Crippen molar-refractivity contribution in [3.8, 4) is 17.0 Å². The second-order valence-corrected chi connectivity index (χ2v) is 7.50. The highest BCUT2D eigenvalue weighted by molar-refractivity contribution is 6.00. The minimum absolute atomic E-state index is 0.0320. The molecule has 1 saturated heterocycles. The molecule has 1 aromatic heterocycles. The van der Waals surface area contributed by atoms with Gasteiger partial charge in [0.05, 0.1) is 24.2 Å². The van der Waals surface area contributed by atoms with Crippen LogP contribution in [-0.2, 0) is 0 Å². The number of hydrogen-bond acceptors (Lipinski definition) is 4. The number of carbonyl (C=O) groups is 2. The van der Waals surface area contributed by atoms with Crippen LogP contribution in [0.4, 0.5) is 4.39 Å². The van der Waals surface area contributed by atoms with Crippen LogP contribution in [0.5, 0.6) is 5.75 Å². The highest BCUT2D eigenvalue weighted by Gasteiger charge is 2.47. The Balaban J connectivity index is 1.36. The molecule has 3 heterocycles. The van der Waals surface area contributed by atoms with Gasteiger partial charge in [-0.05, 0) is 30.3 Å². The summed E-state index contributed by atoms with van der Waals surface area (Å²) in [4.78, 5) is 27.2. The Labute approximate surface area is 166 Å². The average Bonchev–Trinajstić information content (AvgIpc) is 3.36. The first-order valence-corrected chi connectivity index (χ1v) is 9.46. The molecular weight excluding hydrogens is 373 g/mol. The van der Waals surface area contributed by atoms with E-state index in [2.05, 4.69) is 10.2 Å². The second-order valence-electron chi connectivity index (χ2n) is 7.50. The number of ketones is 1. The molecular formula is C22H18FN3O3. The van der Waals surface area contributed by atoms with Gasteiger partial charge in [-0.1, -0.05) is 24.3 Å². The quantitative estimate of drug-likeness (QED) is 0.726. The van der Waals surface area contributed by atoms with Gasteiger partial charge in [-0.3, -0.25) is 14.7 Å². The van der Waals surface area contributed by atoms with Crippen molar-refractivity contribution in [3.63, 3.8) is 0 Å². The van der Waals surface area contributed by atoms with E-state index in [9.17, 15) is 14.0 Å². The number of nitrogens with zero attached hydrogens (tertiary/aromatic N) is 2. The third kappa shape index (κ3) is 2.99. The number of rotatable bonds is 2. The van der Waals surface area contributed by atoms with Crippen LogP contribution in [0, 0.1) is 5.82 Å². The smallest absolute Gasteiger partial charge is 0.272 e. The van der Waals surface area contributed by atoms with E-state index in [0.29, 0.717) is 42.1 Å². The fraction of sp³-hybridized carbons (Fsp3) is 0.227. The summed E-state index contributed by atoms with van der Waals surface area (Å²) in [5.74, 6) is -0.0382. The molecule has 3 aromatic rings. The van der Waals surface area contributed by atoms with Crippen LogP contribution in [0.1, 0.15) is 33.7 Å². The number of amides is 1. The van der Waals surface area contributed by atoms with E-state index in [1.165, 1.54) is 6.07 Å². The minimum atomic E-state index is -0.699. The molecule has 0 bridgehead atoms. The van der Waals surface area contributed by atoms with E-state index in [4.69, 9.17) is 4.74 Å². The van der Waals surface area contributed by atoms with Gasteiger partial charge < -0.3 is 9.64 Å². The summed E-state index contributed by atoms with van der Waals surface area (Å²) < 4.78 is 20.2. The summed E-state index contributed by atoms with van der Waals surface area (Å²) in [6, 6.07) is 15.0. The predicted molar refractivity (Wildman–Crippen MR) is 103 cm³/mol. The standard InChI is InChI=1S/C22H18FN3O3/c23-16-7-3-1-5-14(16)17-11-18(25-24-17)21(28)26-10-9-22(13-26)12-19(27)15-6-2-4-8-20(15)29-22/h1-8,11H,9-10,12-13H2,(H,24,25)/t22-/m1/s1. The lowest BCUT2D eigenvalue weighted by molar-refractivity contribution is 0.0427. The summed E-state index contributed by atoms with van der Waals surface area (Å²) in [6.45, 7) is 0.794. The number of H-pyrrole nitrogens is 1. The molecule has 1 fully saturated rings. The van der Waals surface area contributed by atoms with E-state index in [1.54, 1.807) is 41.3 Å². The molecule has 1 N–H and O–H groups in total. The number of nitrogens with one attached hydrogen (secondary N) is 1. The van der Waals surface area contributed by atoms with Gasteiger partial charge in [-0.15, -0.1) is 0 Å². The molecule has 1 amide bonds. The predicted octanol–water partition coefficient (Wildman–Crippen LogP) is 3.47. The van der Waals surface area contributed by atoms with E-state index < -0.39 is 11.4 Å². The average molecular weight is 391 g/mol. The van der Waals surface area contributed by atoms with Crippen LogP contribution in [-0.4, -0.2) is 45.5 Å². The number of Topliss-reactive ketones (excluding diaryl/α,β-unsaturated/α-hetero) is 1. The molecule has 0 radical (unpaired) electrons. The third-order valence-electron chi connectivity index (χ3n) is 5.56. The number of benzene rings is 2. The monoisotopic (exact) mass is 391 g/mol. The number of ether oxygens (including phenoxy) is 1. The highest BCUT2D eigenvalue weighted by atomic mass is 19.1. The first kappa shape index (κ1) is 17.6. The lowest BCUT2D eigenvalue weighted by atomic mass is 9.89. The summed E-state index contributed by atoms with van der Waals surface area (Å²) in [6.07, 6.45) is 0.824. The van der Waals surface area contributed by atoms with E-state index in [-0.39, 0.29) is 23.8 Å². The van der Waals surface area contributed by atoms with Crippen LogP contribution >= 0.6 is 0 Å². The van der Waals surface area contributed by atoms with Gasteiger partial charge >= 0.3 is 0 Å². The van der Waals surface area contributed by atoms with E-state index in [1.807, 2.05) is 12.1 Å². The molecule has 0 unspecified atom stereocenters. The Morgan fingerprint density at radius 1 is 1.14 bits per heavy atom. The zero-order valence-electron chi connectivity index (χ0n) is 15.5. The number of halogens is 1. The molecule has 5 rings (SSSR count). The van der Waals surface area contributed by atoms with Gasteiger partial charge in [0.2, 0.25) is 0 Å². The lowest BCUT2D eigenvalue weighted by Crippen LogP contribution is -2.45. The maximum Gasteiger partial charge on any atom is 0.272 e. The van der Waals surface area contributed by atoms with Crippen LogP contribution in [0.3, 0.4) is 0 Å². The van der Waals surface area contributed by atoms with E-state index >= 15 is 0 Å². The van der Waals surface area contributed by atoms with Crippen molar-refractivity contribution in [2.24, 2.45) is 0 Å². The van der Waals surface area contributed by atoms with Crippen LogP contribution in [0.2, 0.25) is 0 Å². The summed E-state index contributed by atoms with van der Waals surface area (Å²) in [5.41, 5.74) is 0.876. The normalized spacial score (nSPS) is 20.6. The third-order valence-corrected chi connectivity index (χ3v) is 5.56. The summed E-state index contributed by atoms with van der Waals surface area (Å²) >= 11 is 0. The number of fused-ring (bicyclic) bond motifs is 1. The van der Waals surface area contributed by atoms with Gasteiger partial charge in [-0.25, -0.2) is 4.39 Å². The summed E-state index contributed by atoms with van der Waals surface area (Å²) in [7, 11) is 0. The number of likely N-dealkylation sites (tertiary alicyclic amines) is 1. The fourth-order valence-electron chi connectivity index (χ4n) is 4.10. The zero-order valence-corrected chi connectivity index (χ0v) is 15.5. The molecule has 2 aromatic carbocycles. The molecule has 1 atom stereocenters. The van der Waals surface area contributed by atoms with Gasteiger partial charge in [0, 0.05) is 18.5 Å². The first-order chi connectivity index (χ1) is 14.0. The highest BCUT2D eigenvalue weighted by Crippen LogP contribution is 2.39. The number of aromatic amines is 1. The Hall–Kier alpha value is -3.48. The van der Waals surface area contributed by atoms with Crippen LogP contribution in [0.15, 0.2) is 54.6 Å². The lowest BCUT2D eigenvalue weighted by Gasteiger charge is -2.34. The van der Waals surface area contributed by atoms with Gasteiger partial charge in [-0.2, -0.15) is 5.10 Å². The van der Waals surface area contributed by atoms with Gasteiger partial charge in [0.15, 0.2) is 5.78 Å². The van der Waals surface area contributed by atoms with Crippen molar-refractivity contribution < 1.29 is 18.7 Å². The maximum absolute atomic E-state index is 14.0. The van der Waals surface area contributed by atoms with Crippen molar-refractivity contribution in [1.82, 2.24) is 15.1 Å². The van der Waals surface area contributed by atoms with Crippen molar-refractivity contribution in [2.45, 2.75) is 18.4 Å². The van der Waals surface area contributed by atoms with E-state index in [0.717, 1.165) is 0 Å². The van der Waals surface area contributed by atoms with Crippen molar-refractivity contribution in [1.29, 1.82) is 0 Å². The number of aromatic nitrogens is 2. The molecule has 7 heteroatoms. The topological polar surface area (TPSA) is 75.3 Å². The molecule has 0 saturated carbocycles. The largest absolute Gasteiger partial charge is 0.484 e. The van der Waals surface area contributed by atoms with Crippen molar-refractivity contribution in [3.05, 3.63) is 71.7 Å².